The van der Waals surface area contributed by atoms with E-state index in [0.29, 0.717) is 11.5 Å². The molecule has 2 heteroatoms. The molecular formula is C16H25NO. The molecule has 100 valence electrons. The molecule has 0 heterocycles. The Morgan fingerprint density at radius 3 is 2.50 bits per heavy atom. The first-order valence-corrected chi connectivity index (χ1v) is 7.14. The third-order valence-electron chi connectivity index (χ3n) is 4.24. The molecule has 1 N–H and O–H groups in total. The molecule has 1 saturated carbocycles. The number of benzene rings is 1. The van der Waals surface area contributed by atoms with Crippen molar-refractivity contribution >= 4 is 0 Å². The summed E-state index contributed by atoms with van der Waals surface area (Å²) in [5.74, 6) is 0. The molecule has 1 fully saturated rings. The smallest absolute Gasteiger partial charge is 0.0628 e. The van der Waals surface area contributed by atoms with Gasteiger partial charge < -0.3 is 10.1 Å². The highest BCUT2D eigenvalue weighted by Gasteiger charge is 2.44. The highest BCUT2D eigenvalue weighted by atomic mass is 16.5. The minimum atomic E-state index is 0.295. The van der Waals surface area contributed by atoms with Gasteiger partial charge in [0.2, 0.25) is 0 Å². The zero-order valence-corrected chi connectivity index (χ0v) is 11.6. The van der Waals surface area contributed by atoms with Gasteiger partial charge in [-0.25, -0.2) is 0 Å². The topological polar surface area (TPSA) is 21.3 Å². The molecule has 2 nitrogen and oxygen atoms in total. The Kier molecular flexibility index (Phi) is 4.79. The predicted molar refractivity (Wildman–Crippen MR) is 75.9 cm³/mol. The normalized spacial score (nSPS) is 19.2. The largest absolute Gasteiger partial charge is 0.380 e. The second-order valence-electron chi connectivity index (χ2n) is 5.29. The Morgan fingerprint density at radius 2 is 2.00 bits per heavy atom. The molecule has 1 aliphatic carbocycles. The minimum absolute atomic E-state index is 0.295. The van der Waals surface area contributed by atoms with Gasteiger partial charge in [0.25, 0.3) is 0 Å². The quantitative estimate of drug-likeness (QED) is 0.747. The molecule has 1 aromatic carbocycles. The van der Waals surface area contributed by atoms with E-state index in [9.17, 15) is 0 Å². The van der Waals surface area contributed by atoms with Crippen molar-refractivity contribution in [2.24, 2.45) is 0 Å². The number of hydrogen-bond acceptors (Lipinski definition) is 2. The van der Waals surface area contributed by atoms with Crippen LogP contribution in [0.4, 0.5) is 0 Å². The molecule has 0 bridgehead atoms. The number of nitrogens with one attached hydrogen (secondary N) is 1. The average molecular weight is 247 g/mol. The summed E-state index contributed by atoms with van der Waals surface area (Å²) in [6, 6.07) is 11.4. The van der Waals surface area contributed by atoms with Crippen LogP contribution in [-0.4, -0.2) is 26.3 Å². The summed E-state index contributed by atoms with van der Waals surface area (Å²) in [6.07, 6.45) is 4.98. The number of hydrogen-bond donors (Lipinski definition) is 1. The molecule has 0 radical (unpaired) electrons. The molecule has 1 aliphatic rings. The van der Waals surface area contributed by atoms with Crippen LogP contribution in [0.25, 0.3) is 0 Å². The van der Waals surface area contributed by atoms with E-state index in [-0.39, 0.29) is 0 Å². The standard InChI is InChI=1S/C16H25NO/c1-3-12-18-13-15(17-2)16(10-7-11-16)14-8-5-4-6-9-14/h4-6,8-9,15,17H,3,7,10-13H2,1-2H3. The van der Waals surface area contributed by atoms with Gasteiger partial charge >= 0.3 is 0 Å². The molecule has 0 saturated heterocycles. The molecule has 0 amide bonds. The summed E-state index contributed by atoms with van der Waals surface area (Å²) in [5.41, 5.74) is 1.76. The Morgan fingerprint density at radius 1 is 1.28 bits per heavy atom. The Bertz CT molecular complexity index is 345. The summed E-state index contributed by atoms with van der Waals surface area (Å²) >= 11 is 0. The molecule has 1 aromatic rings. The first-order valence-electron chi connectivity index (χ1n) is 7.14. The van der Waals surface area contributed by atoms with Gasteiger partial charge in [-0.05, 0) is 31.9 Å². The fourth-order valence-corrected chi connectivity index (χ4v) is 3.03. The van der Waals surface area contributed by atoms with Gasteiger partial charge in [-0.2, -0.15) is 0 Å². The van der Waals surface area contributed by atoms with Gasteiger partial charge in [0.05, 0.1) is 6.61 Å². The predicted octanol–water partition coefficient (Wildman–Crippen LogP) is 3.12. The van der Waals surface area contributed by atoms with Crippen LogP contribution in [0.15, 0.2) is 30.3 Å². The van der Waals surface area contributed by atoms with Crippen molar-refractivity contribution in [3.8, 4) is 0 Å². The lowest BCUT2D eigenvalue weighted by Gasteiger charge is -2.48. The molecule has 1 atom stereocenters. The van der Waals surface area contributed by atoms with Gasteiger partial charge in [-0.3, -0.25) is 0 Å². The van der Waals surface area contributed by atoms with Crippen molar-refractivity contribution in [3.63, 3.8) is 0 Å². The Balaban J connectivity index is 2.10. The lowest BCUT2D eigenvalue weighted by Crippen LogP contribution is -2.54. The maximum atomic E-state index is 5.78. The van der Waals surface area contributed by atoms with Crippen LogP contribution >= 0.6 is 0 Å². The Labute approximate surface area is 111 Å². The van der Waals surface area contributed by atoms with Gasteiger partial charge in [-0.1, -0.05) is 43.7 Å². The van der Waals surface area contributed by atoms with Gasteiger partial charge in [0.1, 0.15) is 0 Å². The summed E-state index contributed by atoms with van der Waals surface area (Å²) in [6.45, 7) is 3.84. The fourth-order valence-electron chi connectivity index (χ4n) is 3.03. The highest BCUT2D eigenvalue weighted by molar-refractivity contribution is 5.30. The molecule has 0 aromatic heterocycles. The van der Waals surface area contributed by atoms with E-state index in [1.165, 1.54) is 24.8 Å². The van der Waals surface area contributed by atoms with Crippen LogP contribution in [0.3, 0.4) is 0 Å². The first-order chi connectivity index (χ1) is 8.83. The van der Waals surface area contributed by atoms with Crippen molar-refractivity contribution in [1.29, 1.82) is 0 Å². The number of rotatable bonds is 7. The van der Waals surface area contributed by atoms with Gasteiger partial charge in [0.15, 0.2) is 0 Å². The summed E-state index contributed by atoms with van der Waals surface area (Å²) in [7, 11) is 2.06. The molecule has 2 rings (SSSR count). The third kappa shape index (κ3) is 2.60. The van der Waals surface area contributed by atoms with Gasteiger partial charge in [-0.15, -0.1) is 0 Å². The number of ether oxygens (including phenoxy) is 1. The SMILES string of the molecule is CCCOCC(NC)C1(c2ccccc2)CCC1. The summed E-state index contributed by atoms with van der Waals surface area (Å²) in [4.78, 5) is 0. The first kappa shape index (κ1) is 13.6. The minimum Gasteiger partial charge on any atom is -0.380 e. The van der Waals surface area contributed by atoms with Crippen molar-refractivity contribution < 1.29 is 4.74 Å². The fraction of sp³-hybridized carbons (Fsp3) is 0.625. The maximum absolute atomic E-state index is 5.78. The van der Waals surface area contributed by atoms with E-state index in [4.69, 9.17) is 4.74 Å². The zero-order chi connectivity index (χ0) is 12.8. The maximum Gasteiger partial charge on any atom is 0.0628 e. The monoisotopic (exact) mass is 247 g/mol. The van der Waals surface area contributed by atoms with Crippen LogP contribution in [-0.2, 0) is 10.2 Å². The second-order valence-corrected chi connectivity index (χ2v) is 5.29. The molecule has 1 unspecified atom stereocenters. The van der Waals surface area contributed by atoms with Crippen LogP contribution in [0.1, 0.15) is 38.2 Å². The molecule has 0 spiro atoms. The second kappa shape index (κ2) is 6.35. The number of likely N-dealkylation sites (N-methyl/N-ethyl adjacent to an activating group) is 1. The summed E-state index contributed by atoms with van der Waals surface area (Å²) in [5, 5.41) is 3.48. The highest BCUT2D eigenvalue weighted by Crippen LogP contribution is 2.46. The molecule has 0 aliphatic heterocycles. The van der Waals surface area contributed by atoms with Crippen LogP contribution < -0.4 is 5.32 Å². The Hall–Kier alpha value is -0.860. The van der Waals surface area contributed by atoms with Crippen molar-refractivity contribution in [2.45, 2.75) is 44.1 Å². The van der Waals surface area contributed by atoms with E-state index in [0.717, 1.165) is 19.6 Å². The van der Waals surface area contributed by atoms with Gasteiger partial charge in [0, 0.05) is 18.1 Å². The average Bonchev–Trinajstić information content (AvgIpc) is 2.37. The van der Waals surface area contributed by atoms with Crippen molar-refractivity contribution in [1.82, 2.24) is 5.32 Å². The van der Waals surface area contributed by atoms with E-state index in [2.05, 4.69) is 49.6 Å². The molecule has 18 heavy (non-hydrogen) atoms. The van der Waals surface area contributed by atoms with E-state index in [1.807, 2.05) is 0 Å². The van der Waals surface area contributed by atoms with E-state index < -0.39 is 0 Å². The van der Waals surface area contributed by atoms with Crippen molar-refractivity contribution in [2.75, 3.05) is 20.3 Å². The van der Waals surface area contributed by atoms with Crippen molar-refractivity contribution in [3.05, 3.63) is 35.9 Å². The lowest BCUT2D eigenvalue weighted by molar-refractivity contribution is 0.0594. The zero-order valence-electron chi connectivity index (χ0n) is 11.6. The van der Waals surface area contributed by atoms with E-state index >= 15 is 0 Å². The molecular weight excluding hydrogens is 222 g/mol. The van der Waals surface area contributed by atoms with Crippen LogP contribution in [0.5, 0.6) is 0 Å². The third-order valence-corrected chi connectivity index (χ3v) is 4.24. The van der Waals surface area contributed by atoms with E-state index in [1.54, 1.807) is 0 Å². The van der Waals surface area contributed by atoms with Crippen LogP contribution in [0.2, 0.25) is 0 Å². The lowest BCUT2D eigenvalue weighted by atomic mass is 9.60. The summed E-state index contributed by atoms with van der Waals surface area (Å²) < 4.78 is 5.78. The van der Waals surface area contributed by atoms with Crippen LogP contribution in [0, 0.1) is 0 Å².